The van der Waals surface area contributed by atoms with Crippen molar-refractivity contribution >= 4 is 11.4 Å². The first-order valence-electron chi connectivity index (χ1n) is 6.98. The number of nitro groups is 1. The predicted octanol–water partition coefficient (Wildman–Crippen LogP) is 3.06. The number of alkyl halides is 2. The number of nitro benzene ring substituents is 1. The van der Waals surface area contributed by atoms with Crippen molar-refractivity contribution in [3.05, 3.63) is 28.3 Å². The molecule has 1 atom stereocenters. The lowest BCUT2D eigenvalue weighted by Crippen LogP contribution is -2.37. The quantitative estimate of drug-likeness (QED) is 0.596. The lowest BCUT2D eigenvalue weighted by molar-refractivity contribution is -0.386. The largest absolute Gasteiger partial charge is 0.427 e. The molecule has 1 aliphatic heterocycles. The first-order valence-corrected chi connectivity index (χ1v) is 6.98. The zero-order chi connectivity index (χ0) is 16.1. The summed E-state index contributed by atoms with van der Waals surface area (Å²) in [5, 5.41) is 10.9. The summed E-state index contributed by atoms with van der Waals surface area (Å²) in [6, 6.07) is 4.07. The number of benzene rings is 1. The van der Waals surface area contributed by atoms with Crippen molar-refractivity contribution in [2.24, 2.45) is 5.92 Å². The minimum absolute atomic E-state index is 0.355. The number of halogens is 2. The van der Waals surface area contributed by atoms with Crippen LogP contribution in [0.2, 0.25) is 0 Å². The van der Waals surface area contributed by atoms with Gasteiger partial charge in [0, 0.05) is 38.0 Å². The molecule has 0 radical (unpaired) electrons. The van der Waals surface area contributed by atoms with Gasteiger partial charge in [-0.15, -0.1) is 0 Å². The Labute approximate surface area is 126 Å². The molecule has 1 aromatic rings. The van der Waals surface area contributed by atoms with E-state index in [4.69, 9.17) is 4.74 Å². The Kier molecular flexibility index (Phi) is 5.48. The summed E-state index contributed by atoms with van der Waals surface area (Å²) in [6.07, 6.45) is 1.99. The Balaban J connectivity index is 2.21. The number of rotatable bonds is 6. The molecule has 0 N–H and O–H groups in total. The third-order valence-corrected chi connectivity index (χ3v) is 3.64. The highest BCUT2D eigenvalue weighted by molar-refractivity contribution is 5.59. The molecule has 0 saturated carbocycles. The summed E-state index contributed by atoms with van der Waals surface area (Å²) in [5.41, 5.74) is 0.177. The van der Waals surface area contributed by atoms with E-state index in [0.29, 0.717) is 18.2 Å². The number of methoxy groups -OCH3 is 1. The standard InChI is InChI=1S/C14H18F2N2O4/c1-21-9-10-3-2-6-17(8-10)11-4-5-12(18(19)20)13(7-11)22-14(15)16/h4-5,7,10,14H,2-3,6,8-9H2,1H3. The van der Waals surface area contributed by atoms with Crippen molar-refractivity contribution in [3.63, 3.8) is 0 Å². The predicted molar refractivity (Wildman–Crippen MR) is 76.5 cm³/mol. The summed E-state index contributed by atoms with van der Waals surface area (Å²) in [6.45, 7) is -0.980. The third kappa shape index (κ3) is 4.03. The van der Waals surface area contributed by atoms with Gasteiger partial charge in [0.1, 0.15) is 0 Å². The molecule has 1 aromatic carbocycles. The van der Waals surface area contributed by atoms with Gasteiger partial charge in [0.05, 0.1) is 11.5 Å². The third-order valence-electron chi connectivity index (χ3n) is 3.64. The van der Waals surface area contributed by atoms with Crippen LogP contribution < -0.4 is 9.64 Å². The van der Waals surface area contributed by atoms with Gasteiger partial charge in [-0.05, 0) is 24.8 Å². The second-order valence-corrected chi connectivity index (χ2v) is 5.20. The Morgan fingerprint density at radius 1 is 1.50 bits per heavy atom. The summed E-state index contributed by atoms with van der Waals surface area (Å²) >= 11 is 0. The second-order valence-electron chi connectivity index (χ2n) is 5.20. The Morgan fingerprint density at radius 3 is 2.91 bits per heavy atom. The molecule has 1 heterocycles. The summed E-state index contributed by atoms with van der Waals surface area (Å²) in [7, 11) is 1.64. The van der Waals surface area contributed by atoms with Crippen molar-refractivity contribution in [1.82, 2.24) is 0 Å². The van der Waals surface area contributed by atoms with Gasteiger partial charge >= 0.3 is 12.3 Å². The monoisotopic (exact) mass is 316 g/mol. The van der Waals surface area contributed by atoms with Crippen LogP contribution in [0.5, 0.6) is 5.75 Å². The van der Waals surface area contributed by atoms with Crippen molar-refractivity contribution in [2.45, 2.75) is 19.5 Å². The van der Waals surface area contributed by atoms with Crippen LogP contribution in [0.1, 0.15) is 12.8 Å². The maximum absolute atomic E-state index is 12.4. The van der Waals surface area contributed by atoms with Gasteiger partial charge in [-0.3, -0.25) is 10.1 Å². The number of hydrogen-bond donors (Lipinski definition) is 0. The van der Waals surface area contributed by atoms with Crippen molar-refractivity contribution in [3.8, 4) is 5.75 Å². The van der Waals surface area contributed by atoms with E-state index in [1.165, 1.54) is 12.1 Å². The number of hydrogen-bond acceptors (Lipinski definition) is 5. The summed E-state index contributed by atoms with van der Waals surface area (Å²) in [5.74, 6) is -0.0558. The molecule has 0 bridgehead atoms. The van der Waals surface area contributed by atoms with Crippen LogP contribution in [0.15, 0.2) is 18.2 Å². The van der Waals surface area contributed by atoms with E-state index in [1.807, 2.05) is 4.90 Å². The number of ether oxygens (including phenoxy) is 2. The molecule has 22 heavy (non-hydrogen) atoms. The van der Waals surface area contributed by atoms with E-state index in [1.54, 1.807) is 13.2 Å². The van der Waals surface area contributed by atoms with Crippen LogP contribution in [0, 0.1) is 16.0 Å². The van der Waals surface area contributed by atoms with Gasteiger partial charge < -0.3 is 14.4 Å². The van der Waals surface area contributed by atoms with Gasteiger partial charge in [-0.2, -0.15) is 8.78 Å². The van der Waals surface area contributed by atoms with E-state index < -0.39 is 23.0 Å². The Hall–Kier alpha value is -1.96. The average molecular weight is 316 g/mol. The van der Waals surface area contributed by atoms with Crippen LogP contribution in [-0.2, 0) is 4.74 Å². The fourth-order valence-corrected chi connectivity index (χ4v) is 2.71. The molecule has 1 unspecified atom stereocenters. The smallest absolute Gasteiger partial charge is 0.387 e. The first-order chi connectivity index (χ1) is 10.5. The zero-order valence-corrected chi connectivity index (χ0v) is 12.2. The molecule has 0 amide bonds. The van der Waals surface area contributed by atoms with Gasteiger partial charge in [0.25, 0.3) is 0 Å². The molecular formula is C14H18F2N2O4. The van der Waals surface area contributed by atoms with Gasteiger partial charge in [-0.25, -0.2) is 0 Å². The highest BCUT2D eigenvalue weighted by Gasteiger charge is 2.24. The SMILES string of the molecule is COCC1CCCN(c2ccc([N+](=O)[O-])c(OC(F)F)c2)C1. The highest BCUT2D eigenvalue weighted by Crippen LogP contribution is 2.34. The molecule has 2 rings (SSSR count). The number of anilines is 1. The van der Waals surface area contributed by atoms with Crippen LogP contribution in [0.4, 0.5) is 20.2 Å². The highest BCUT2D eigenvalue weighted by atomic mass is 19.3. The molecule has 122 valence electrons. The second kappa shape index (κ2) is 7.35. The molecule has 1 saturated heterocycles. The van der Waals surface area contributed by atoms with Crippen LogP contribution in [0.25, 0.3) is 0 Å². The molecule has 1 fully saturated rings. The van der Waals surface area contributed by atoms with E-state index >= 15 is 0 Å². The van der Waals surface area contributed by atoms with Crippen LogP contribution in [-0.4, -0.2) is 38.3 Å². The lowest BCUT2D eigenvalue weighted by atomic mass is 9.98. The maximum Gasteiger partial charge on any atom is 0.387 e. The van der Waals surface area contributed by atoms with Gasteiger partial charge in [0.2, 0.25) is 5.75 Å². The van der Waals surface area contributed by atoms with E-state index in [-0.39, 0.29) is 0 Å². The van der Waals surface area contributed by atoms with Crippen LogP contribution in [0.3, 0.4) is 0 Å². The van der Waals surface area contributed by atoms with E-state index in [0.717, 1.165) is 25.9 Å². The summed E-state index contributed by atoms with van der Waals surface area (Å²) in [4.78, 5) is 12.2. The minimum atomic E-state index is -3.10. The van der Waals surface area contributed by atoms with E-state index in [2.05, 4.69) is 4.74 Å². The average Bonchev–Trinajstić information content (AvgIpc) is 2.47. The number of nitrogens with zero attached hydrogens (tertiary/aromatic N) is 2. The minimum Gasteiger partial charge on any atom is -0.427 e. The van der Waals surface area contributed by atoms with Crippen LogP contribution >= 0.6 is 0 Å². The molecule has 1 aliphatic rings. The Morgan fingerprint density at radius 2 is 2.27 bits per heavy atom. The molecule has 0 aromatic heterocycles. The fraction of sp³-hybridized carbons (Fsp3) is 0.571. The van der Waals surface area contributed by atoms with E-state index in [9.17, 15) is 18.9 Å². The molecule has 8 heteroatoms. The summed E-state index contributed by atoms with van der Waals surface area (Å²) < 4.78 is 34.3. The maximum atomic E-state index is 12.4. The van der Waals surface area contributed by atoms with Crippen molar-refractivity contribution in [2.75, 3.05) is 31.7 Å². The lowest BCUT2D eigenvalue weighted by Gasteiger charge is -2.34. The fourth-order valence-electron chi connectivity index (χ4n) is 2.71. The van der Waals surface area contributed by atoms with Gasteiger partial charge in [-0.1, -0.05) is 0 Å². The topological polar surface area (TPSA) is 64.8 Å². The van der Waals surface area contributed by atoms with Crippen molar-refractivity contribution in [1.29, 1.82) is 0 Å². The normalized spacial score (nSPS) is 18.5. The zero-order valence-electron chi connectivity index (χ0n) is 12.2. The molecular weight excluding hydrogens is 298 g/mol. The molecule has 0 spiro atoms. The van der Waals surface area contributed by atoms with Gasteiger partial charge in [0.15, 0.2) is 0 Å². The molecule has 6 nitrogen and oxygen atoms in total. The molecule has 0 aliphatic carbocycles. The first kappa shape index (κ1) is 16.4. The Bertz CT molecular complexity index is 526. The van der Waals surface area contributed by atoms with Crippen molar-refractivity contribution < 1.29 is 23.2 Å². The number of piperidine rings is 1.